The van der Waals surface area contributed by atoms with Gasteiger partial charge < -0.3 is 9.64 Å². The maximum absolute atomic E-state index is 12.9. The largest absolute Gasteiger partial charge is 0.461 e. The number of carbonyl (C=O) groups is 2. The lowest BCUT2D eigenvalue weighted by Gasteiger charge is -2.30. The molecule has 1 amide bonds. The van der Waals surface area contributed by atoms with E-state index in [1.165, 1.54) is 0 Å². The summed E-state index contributed by atoms with van der Waals surface area (Å²) in [7, 11) is 0. The van der Waals surface area contributed by atoms with Crippen molar-refractivity contribution in [3.63, 3.8) is 0 Å². The Balaban J connectivity index is 1.67. The standard InChI is InChI=1S/C26H29N3O3/c1-4-32-26(31)23-17-24(22-8-6-5-7-19(22)3)29(27-23)21-11-9-20(10-12-21)25(30)28-15-13-18(2)14-16-28/h5-12,17-18H,4,13-16H2,1-3H3. The molecule has 1 saturated heterocycles. The molecule has 0 spiro atoms. The van der Waals surface area contributed by atoms with E-state index in [9.17, 15) is 9.59 Å². The summed E-state index contributed by atoms with van der Waals surface area (Å²) in [5.74, 6) is 0.289. The molecule has 0 bridgehead atoms. The molecule has 0 radical (unpaired) electrons. The van der Waals surface area contributed by atoms with Gasteiger partial charge in [0.15, 0.2) is 5.69 Å². The van der Waals surface area contributed by atoms with Gasteiger partial charge in [0.25, 0.3) is 5.91 Å². The van der Waals surface area contributed by atoms with Gasteiger partial charge in [-0.3, -0.25) is 4.79 Å². The predicted octanol–water partition coefficient (Wildman–Crippen LogP) is 4.90. The van der Waals surface area contributed by atoms with Crippen LogP contribution in [0.3, 0.4) is 0 Å². The summed E-state index contributed by atoms with van der Waals surface area (Å²) in [6.07, 6.45) is 2.10. The zero-order valence-corrected chi connectivity index (χ0v) is 18.9. The number of piperidine rings is 1. The Bertz CT molecular complexity index is 1110. The lowest BCUT2D eigenvalue weighted by atomic mass is 9.98. The van der Waals surface area contributed by atoms with Gasteiger partial charge in [-0.15, -0.1) is 0 Å². The highest BCUT2D eigenvalue weighted by Gasteiger charge is 2.22. The summed E-state index contributed by atoms with van der Waals surface area (Å²) in [5, 5.41) is 4.54. The van der Waals surface area contributed by atoms with E-state index in [1.54, 1.807) is 17.7 Å². The Morgan fingerprint density at radius 1 is 1.06 bits per heavy atom. The first-order valence-electron chi connectivity index (χ1n) is 11.2. The highest BCUT2D eigenvalue weighted by Crippen LogP contribution is 2.28. The van der Waals surface area contributed by atoms with Crippen molar-refractivity contribution in [1.82, 2.24) is 14.7 Å². The van der Waals surface area contributed by atoms with E-state index in [0.717, 1.165) is 48.4 Å². The maximum atomic E-state index is 12.9. The molecular weight excluding hydrogens is 402 g/mol. The monoisotopic (exact) mass is 431 g/mol. The van der Waals surface area contributed by atoms with Crippen molar-refractivity contribution in [2.75, 3.05) is 19.7 Å². The predicted molar refractivity (Wildman–Crippen MR) is 124 cm³/mol. The molecule has 166 valence electrons. The van der Waals surface area contributed by atoms with E-state index in [4.69, 9.17) is 4.74 Å². The zero-order chi connectivity index (χ0) is 22.7. The molecule has 2 aromatic carbocycles. The first-order valence-corrected chi connectivity index (χ1v) is 11.2. The van der Waals surface area contributed by atoms with E-state index in [2.05, 4.69) is 12.0 Å². The van der Waals surface area contributed by atoms with Crippen LogP contribution in [0.1, 0.15) is 53.1 Å². The van der Waals surface area contributed by atoms with Crippen molar-refractivity contribution < 1.29 is 14.3 Å². The number of likely N-dealkylation sites (tertiary alicyclic amines) is 1. The Kier molecular flexibility index (Phi) is 6.40. The average Bonchev–Trinajstić information content (AvgIpc) is 3.25. The minimum Gasteiger partial charge on any atom is -0.461 e. The minimum atomic E-state index is -0.452. The lowest BCUT2D eigenvalue weighted by Crippen LogP contribution is -2.37. The van der Waals surface area contributed by atoms with Crippen LogP contribution in [0.25, 0.3) is 16.9 Å². The minimum absolute atomic E-state index is 0.0651. The van der Waals surface area contributed by atoms with E-state index in [0.29, 0.717) is 11.5 Å². The van der Waals surface area contributed by atoms with Gasteiger partial charge in [-0.25, -0.2) is 9.48 Å². The molecular formula is C26H29N3O3. The highest BCUT2D eigenvalue weighted by molar-refractivity contribution is 5.94. The fraction of sp³-hybridized carbons (Fsp3) is 0.346. The number of carbonyl (C=O) groups excluding carboxylic acids is 2. The smallest absolute Gasteiger partial charge is 0.358 e. The van der Waals surface area contributed by atoms with Crippen LogP contribution >= 0.6 is 0 Å². The molecule has 1 aliphatic rings. The number of nitrogens with zero attached hydrogens (tertiary/aromatic N) is 3. The van der Waals surface area contributed by atoms with Crippen molar-refractivity contribution in [3.8, 4) is 16.9 Å². The molecule has 4 rings (SSSR count). The summed E-state index contributed by atoms with van der Waals surface area (Å²) in [4.78, 5) is 27.2. The van der Waals surface area contributed by atoms with Crippen LogP contribution in [-0.4, -0.2) is 46.3 Å². The fourth-order valence-electron chi connectivity index (χ4n) is 4.07. The highest BCUT2D eigenvalue weighted by atomic mass is 16.5. The normalized spacial score (nSPS) is 14.4. The second-order valence-electron chi connectivity index (χ2n) is 8.38. The van der Waals surface area contributed by atoms with Gasteiger partial charge in [-0.1, -0.05) is 31.2 Å². The summed E-state index contributed by atoms with van der Waals surface area (Å²) in [6.45, 7) is 7.94. The summed E-state index contributed by atoms with van der Waals surface area (Å²) < 4.78 is 6.90. The molecule has 32 heavy (non-hydrogen) atoms. The molecule has 6 nitrogen and oxygen atoms in total. The van der Waals surface area contributed by atoms with Gasteiger partial charge in [0.2, 0.25) is 0 Å². The number of benzene rings is 2. The first kappa shape index (κ1) is 21.8. The van der Waals surface area contributed by atoms with E-state index < -0.39 is 5.97 Å². The van der Waals surface area contributed by atoms with Crippen LogP contribution in [-0.2, 0) is 4.74 Å². The SMILES string of the molecule is CCOC(=O)c1cc(-c2ccccc2C)n(-c2ccc(C(=O)N3CCC(C)CC3)cc2)n1. The topological polar surface area (TPSA) is 64.4 Å². The second kappa shape index (κ2) is 9.39. The fourth-order valence-corrected chi connectivity index (χ4v) is 4.07. The van der Waals surface area contributed by atoms with Crippen molar-refractivity contribution in [1.29, 1.82) is 0 Å². The van der Waals surface area contributed by atoms with Gasteiger partial charge in [0, 0.05) is 24.2 Å². The molecule has 0 unspecified atom stereocenters. The zero-order valence-electron chi connectivity index (χ0n) is 18.9. The summed E-state index contributed by atoms with van der Waals surface area (Å²) >= 11 is 0. The second-order valence-corrected chi connectivity index (χ2v) is 8.38. The quantitative estimate of drug-likeness (QED) is 0.539. The molecule has 1 aromatic heterocycles. The average molecular weight is 432 g/mol. The third-order valence-corrected chi connectivity index (χ3v) is 6.04. The van der Waals surface area contributed by atoms with Crippen molar-refractivity contribution in [2.24, 2.45) is 5.92 Å². The molecule has 2 heterocycles. The number of aromatic nitrogens is 2. The Hall–Kier alpha value is -3.41. The number of hydrogen-bond acceptors (Lipinski definition) is 4. The first-order chi connectivity index (χ1) is 15.5. The van der Waals surface area contributed by atoms with Crippen LogP contribution in [0.15, 0.2) is 54.6 Å². The van der Waals surface area contributed by atoms with Crippen LogP contribution in [0.5, 0.6) is 0 Å². The van der Waals surface area contributed by atoms with Gasteiger partial charge in [0.1, 0.15) is 0 Å². The van der Waals surface area contributed by atoms with Gasteiger partial charge >= 0.3 is 5.97 Å². The van der Waals surface area contributed by atoms with Crippen LogP contribution in [0.2, 0.25) is 0 Å². The third-order valence-electron chi connectivity index (χ3n) is 6.04. The number of ether oxygens (including phenoxy) is 1. The molecule has 0 atom stereocenters. The Morgan fingerprint density at radius 3 is 2.41 bits per heavy atom. The van der Waals surface area contributed by atoms with E-state index in [1.807, 2.05) is 60.4 Å². The molecule has 1 fully saturated rings. The Morgan fingerprint density at radius 2 is 1.75 bits per heavy atom. The van der Waals surface area contributed by atoms with Crippen LogP contribution in [0.4, 0.5) is 0 Å². The van der Waals surface area contributed by atoms with Gasteiger partial charge in [-0.05, 0) is 68.5 Å². The summed E-state index contributed by atoms with van der Waals surface area (Å²) in [5.41, 5.74) is 4.57. The van der Waals surface area contributed by atoms with Crippen molar-refractivity contribution >= 4 is 11.9 Å². The maximum Gasteiger partial charge on any atom is 0.358 e. The van der Waals surface area contributed by atoms with Crippen LogP contribution < -0.4 is 0 Å². The number of rotatable bonds is 5. The molecule has 0 saturated carbocycles. The van der Waals surface area contributed by atoms with Gasteiger partial charge in [0.05, 0.1) is 18.0 Å². The molecule has 0 N–H and O–H groups in total. The Labute approximate surface area is 188 Å². The van der Waals surface area contributed by atoms with Crippen molar-refractivity contribution in [3.05, 3.63) is 71.4 Å². The number of aryl methyl sites for hydroxylation is 1. The molecule has 0 aliphatic carbocycles. The summed E-state index contributed by atoms with van der Waals surface area (Å²) in [6, 6.07) is 17.2. The molecule has 3 aromatic rings. The number of hydrogen-bond donors (Lipinski definition) is 0. The van der Waals surface area contributed by atoms with Crippen molar-refractivity contribution in [2.45, 2.75) is 33.6 Å². The number of esters is 1. The van der Waals surface area contributed by atoms with E-state index in [-0.39, 0.29) is 18.2 Å². The molecule has 1 aliphatic heterocycles. The van der Waals surface area contributed by atoms with Gasteiger partial charge in [-0.2, -0.15) is 5.10 Å². The van der Waals surface area contributed by atoms with Crippen LogP contribution in [0, 0.1) is 12.8 Å². The van der Waals surface area contributed by atoms with E-state index >= 15 is 0 Å². The number of amides is 1. The lowest BCUT2D eigenvalue weighted by molar-refractivity contribution is 0.0518. The molecule has 6 heteroatoms. The third kappa shape index (κ3) is 4.44.